The van der Waals surface area contributed by atoms with Gasteiger partial charge in [-0.3, -0.25) is 0 Å². The van der Waals surface area contributed by atoms with E-state index >= 15 is 0 Å². The van der Waals surface area contributed by atoms with Crippen LogP contribution in [0, 0.1) is 6.92 Å². The Bertz CT molecular complexity index is 448. The molecule has 1 atom stereocenters. The minimum atomic E-state index is 0.503. The van der Waals surface area contributed by atoms with Crippen LogP contribution in [0.15, 0.2) is 59.5 Å². The van der Waals surface area contributed by atoms with Gasteiger partial charge in [-0.2, -0.15) is 0 Å². The number of aryl methyl sites for hydroxylation is 1. The van der Waals surface area contributed by atoms with Gasteiger partial charge in [0.05, 0.1) is 0 Å². The first-order valence-electron chi connectivity index (χ1n) is 5.54. The molecule has 0 radical (unpaired) electrons. The molecular formula is C15H16S. The third-order valence-corrected chi connectivity index (χ3v) is 3.83. The molecule has 0 bridgehead atoms. The van der Waals surface area contributed by atoms with Crippen LogP contribution in [0.3, 0.4) is 0 Å². The van der Waals surface area contributed by atoms with Crippen molar-refractivity contribution in [1.82, 2.24) is 0 Å². The highest BCUT2D eigenvalue weighted by Crippen LogP contribution is 2.35. The molecular weight excluding hydrogens is 212 g/mol. The van der Waals surface area contributed by atoms with E-state index in [4.69, 9.17) is 0 Å². The maximum Gasteiger partial charge on any atom is 0.0318 e. The first-order valence-corrected chi connectivity index (χ1v) is 6.42. The lowest BCUT2D eigenvalue weighted by atomic mass is 10.1. The Balaban J connectivity index is 2.15. The smallest absolute Gasteiger partial charge is 0.0318 e. The Morgan fingerprint density at radius 2 is 1.50 bits per heavy atom. The summed E-state index contributed by atoms with van der Waals surface area (Å²) in [5.41, 5.74) is 2.80. The summed E-state index contributed by atoms with van der Waals surface area (Å²) in [6, 6.07) is 19.2. The zero-order chi connectivity index (χ0) is 11.4. The molecule has 0 aliphatic rings. The Morgan fingerprint density at radius 1 is 0.875 bits per heavy atom. The van der Waals surface area contributed by atoms with Gasteiger partial charge in [0.2, 0.25) is 0 Å². The number of rotatable bonds is 3. The molecule has 16 heavy (non-hydrogen) atoms. The molecule has 2 aromatic carbocycles. The van der Waals surface area contributed by atoms with Crippen molar-refractivity contribution in [1.29, 1.82) is 0 Å². The van der Waals surface area contributed by atoms with Crippen LogP contribution < -0.4 is 0 Å². The van der Waals surface area contributed by atoms with Crippen LogP contribution in [0.4, 0.5) is 0 Å². The summed E-state index contributed by atoms with van der Waals surface area (Å²) in [6.45, 7) is 4.44. The lowest BCUT2D eigenvalue weighted by Crippen LogP contribution is -1.91. The van der Waals surface area contributed by atoms with Crippen LogP contribution in [-0.2, 0) is 0 Å². The molecule has 0 amide bonds. The minimum absolute atomic E-state index is 0.503. The normalized spacial score (nSPS) is 12.4. The second-order valence-electron chi connectivity index (χ2n) is 3.93. The van der Waals surface area contributed by atoms with Gasteiger partial charge in [-0.1, -0.05) is 42.5 Å². The fourth-order valence-electron chi connectivity index (χ4n) is 1.81. The van der Waals surface area contributed by atoms with E-state index in [-0.39, 0.29) is 0 Å². The van der Waals surface area contributed by atoms with Gasteiger partial charge >= 0.3 is 0 Å². The van der Waals surface area contributed by atoms with E-state index < -0.39 is 0 Å². The van der Waals surface area contributed by atoms with Crippen molar-refractivity contribution in [2.24, 2.45) is 0 Å². The van der Waals surface area contributed by atoms with E-state index in [1.54, 1.807) is 0 Å². The van der Waals surface area contributed by atoms with Gasteiger partial charge in [-0.05, 0) is 37.1 Å². The molecule has 1 heteroatoms. The lowest BCUT2D eigenvalue weighted by molar-refractivity contribution is 1.07. The summed E-state index contributed by atoms with van der Waals surface area (Å²) in [5, 5.41) is 0.503. The predicted molar refractivity (Wildman–Crippen MR) is 71.9 cm³/mol. The van der Waals surface area contributed by atoms with E-state index in [1.807, 2.05) is 11.8 Å². The molecule has 0 aliphatic heterocycles. The van der Waals surface area contributed by atoms with Crippen LogP contribution >= 0.6 is 11.8 Å². The van der Waals surface area contributed by atoms with Crippen LogP contribution in [0.5, 0.6) is 0 Å². The Morgan fingerprint density at radius 3 is 2.19 bits per heavy atom. The van der Waals surface area contributed by atoms with Crippen LogP contribution in [0.25, 0.3) is 0 Å². The van der Waals surface area contributed by atoms with Gasteiger partial charge < -0.3 is 0 Å². The first kappa shape index (κ1) is 11.3. The fraction of sp³-hybridized carbons (Fsp3) is 0.200. The van der Waals surface area contributed by atoms with Crippen molar-refractivity contribution in [2.75, 3.05) is 0 Å². The molecule has 0 nitrogen and oxygen atoms in total. The molecule has 0 aliphatic carbocycles. The summed E-state index contributed by atoms with van der Waals surface area (Å²) >= 11 is 1.91. The topological polar surface area (TPSA) is 0 Å². The molecule has 0 aromatic heterocycles. The molecule has 0 saturated carbocycles. The predicted octanol–water partition coefficient (Wildman–Crippen LogP) is 4.85. The molecule has 2 aromatic rings. The quantitative estimate of drug-likeness (QED) is 0.677. The van der Waals surface area contributed by atoms with E-state index in [1.165, 1.54) is 16.0 Å². The van der Waals surface area contributed by atoms with E-state index in [0.717, 1.165) is 0 Å². The SMILES string of the molecule is Cc1ccccc1C(C)Sc1ccccc1. The Kier molecular flexibility index (Phi) is 3.68. The highest BCUT2D eigenvalue weighted by molar-refractivity contribution is 7.99. The molecule has 0 spiro atoms. The largest absolute Gasteiger partial charge is 0.118 e. The summed E-state index contributed by atoms with van der Waals surface area (Å²) in [5.74, 6) is 0. The van der Waals surface area contributed by atoms with Crippen molar-refractivity contribution in [3.63, 3.8) is 0 Å². The number of thioether (sulfide) groups is 1. The summed E-state index contributed by atoms with van der Waals surface area (Å²) in [4.78, 5) is 1.33. The van der Waals surface area contributed by atoms with Crippen molar-refractivity contribution >= 4 is 11.8 Å². The number of benzene rings is 2. The van der Waals surface area contributed by atoms with Crippen molar-refractivity contribution in [3.8, 4) is 0 Å². The Hall–Kier alpha value is -1.21. The maximum atomic E-state index is 2.26. The van der Waals surface area contributed by atoms with Crippen molar-refractivity contribution < 1.29 is 0 Å². The highest BCUT2D eigenvalue weighted by atomic mass is 32.2. The van der Waals surface area contributed by atoms with Gasteiger partial charge in [0.15, 0.2) is 0 Å². The molecule has 82 valence electrons. The van der Waals surface area contributed by atoms with E-state index in [2.05, 4.69) is 68.4 Å². The second-order valence-corrected chi connectivity index (χ2v) is 5.34. The summed E-state index contributed by atoms with van der Waals surface area (Å²) in [6.07, 6.45) is 0. The molecule has 0 fully saturated rings. The van der Waals surface area contributed by atoms with Crippen LogP contribution in [0.2, 0.25) is 0 Å². The monoisotopic (exact) mass is 228 g/mol. The van der Waals surface area contributed by atoms with E-state index in [9.17, 15) is 0 Å². The van der Waals surface area contributed by atoms with Gasteiger partial charge in [-0.15, -0.1) is 11.8 Å². The average Bonchev–Trinajstić information content (AvgIpc) is 2.31. The summed E-state index contributed by atoms with van der Waals surface area (Å²) in [7, 11) is 0. The number of hydrogen-bond acceptors (Lipinski definition) is 1. The van der Waals surface area contributed by atoms with Crippen molar-refractivity contribution in [2.45, 2.75) is 24.0 Å². The van der Waals surface area contributed by atoms with Gasteiger partial charge in [-0.25, -0.2) is 0 Å². The zero-order valence-corrected chi connectivity index (χ0v) is 10.5. The molecule has 0 heterocycles. The van der Waals surface area contributed by atoms with Crippen LogP contribution in [-0.4, -0.2) is 0 Å². The third-order valence-electron chi connectivity index (χ3n) is 2.68. The third kappa shape index (κ3) is 2.67. The molecule has 0 saturated heterocycles. The van der Waals surface area contributed by atoms with Crippen LogP contribution in [0.1, 0.15) is 23.3 Å². The summed E-state index contributed by atoms with van der Waals surface area (Å²) < 4.78 is 0. The Labute approximate surface area is 102 Å². The fourth-order valence-corrected chi connectivity index (χ4v) is 2.92. The lowest BCUT2D eigenvalue weighted by Gasteiger charge is -2.14. The average molecular weight is 228 g/mol. The standard InChI is InChI=1S/C15H16S/c1-12-8-6-7-11-15(12)13(2)16-14-9-4-3-5-10-14/h3-11,13H,1-2H3. The zero-order valence-electron chi connectivity index (χ0n) is 9.68. The molecule has 0 N–H and O–H groups in total. The highest BCUT2D eigenvalue weighted by Gasteiger charge is 2.08. The molecule has 1 unspecified atom stereocenters. The molecule has 2 rings (SSSR count). The minimum Gasteiger partial charge on any atom is -0.118 e. The maximum absolute atomic E-state index is 2.26. The van der Waals surface area contributed by atoms with Gasteiger partial charge in [0, 0.05) is 10.1 Å². The van der Waals surface area contributed by atoms with Gasteiger partial charge in [0.1, 0.15) is 0 Å². The van der Waals surface area contributed by atoms with Crippen molar-refractivity contribution in [3.05, 3.63) is 65.7 Å². The van der Waals surface area contributed by atoms with Gasteiger partial charge in [0.25, 0.3) is 0 Å². The second kappa shape index (κ2) is 5.22. The van der Waals surface area contributed by atoms with E-state index in [0.29, 0.717) is 5.25 Å². The number of hydrogen-bond donors (Lipinski definition) is 0. The first-order chi connectivity index (χ1) is 7.77.